The van der Waals surface area contributed by atoms with E-state index in [1.54, 1.807) is 0 Å². The van der Waals surface area contributed by atoms with Gasteiger partial charge in [-0.1, -0.05) is 12.6 Å². The Hall–Kier alpha value is -3.55. The molecule has 33 heavy (non-hydrogen) atoms. The van der Waals surface area contributed by atoms with Crippen molar-refractivity contribution < 1.29 is 9.53 Å². The van der Waals surface area contributed by atoms with Gasteiger partial charge in [0.15, 0.2) is 5.75 Å². The molecular formula is C25H28N6O2. The van der Waals surface area contributed by atoms with Crippen LogP contribution >= 0.6 is 0 Å². The minimum absolute atomic E-state index is 0.0101. The van der Waals surface area contributed by atoms with E-state index in [-0.39, 0.29) is 18.0 Å². The number of rotatable bonds is 2. The second-order valence-corrected chi connectivity index (χ2v) is 9.29. The maximum absolute atomic E-state index is 12.3. The van der Waals surface area contributed by atoms with Gasteiger partial charge in [-0.25, -0.2) is 0 Å². The van der Waals surface area contributed by atoms with Crippen molar-refractivity contribution in [2.75, 3.05) is 36.0 Å². The molecule has 0 radical (unpaired) electrons. The summed E-state index contributed by atoms with van der Waals surface area (Å²) in [7, 11) is 0. The minimum atomic E-state index is -0.0101. The normalized spacial score (nSPS) is 21.8. The number of H-pyrrole nitrogens is 1. The van der Waals surface area contributed by atoms with Crippen molar-refractivity contribution in [1.82, 2.24) is 20.1 Å². The van der Waals surface area contributed by atoms with E-state index in [1.165, 1.54) is 28.6 Å². The van der Waals surface area contributed by atoms with Gasteiger partial charge in [0.2, 0.25) is 5.91 Å². The summed E-state index contributed by atoms with van der Waals surface area (Å²) in [6, 6.07) is 4.49. The average Bonchev–Trinajstić information content (AvgIpc) is 3.31. The maximum Gasteiger partial charge on any atom is 0.246 e. The van der Waals surface area contributed by atoms with Gasteiger partial charge in [0.25, 0.3) is 0 Å². The number of pyridine rings is 1. The molecule has 3 aromatic rings. The van der Waals surface area contributed by atoms with Crippen molar-refractivity contribution in [2.24, 2.45) is 0 Å². The number of benzene rings is 1. The number of piperazine rings is 1. The first-order valence-electron chi connectivity index (χ1n) is 11.6. The third kappa shape index (κ3) is 3.08. The number of hydrogen-bond donors (Lipinski definition) is 1. The standard InChI is InChI=1S/C25H28N6O2/c1-4-23(32)30-12-17-14-33-22-10-26-21-13-29(8-7-18(21)25(22)31(17)11-16(30)3)24-15(2)5-6-20-19(24)9-27-28-20/h4-6,9-10,16-17H,1,7-8,11-14H2,2-3H3,(H,27,28)/t16-,17-/m1/s1. The summed E-state index contributed by atoms with van der Waals surface area (Å²) in [6.07, 6.45) is 6.10. The second-order valence-electron chi connectivity index (χ2n) is 9.29. The zero-order valence-electron chi connectivity index (χ0n) is 19.0. The molecule has 0 spiro atoms. The van der Waals surface area contributed by atoms with E-state index in [4.69, 9.17) is 9.72 Å². The topological polar surface area (TPSA) is 77.6 Å². The largest absolute Gasteiger partial charge is 0.488 e. The fraction of sp³-hybridized carbons (Fsp3) is 0.400. The van der Waals surface area contributed by atoms with Crippen LogP contribution in [0.15, 0.2) is 37.2 Å². The van der Waals surface area contributed by atoms with E-state index in [2.05, 4.69) is 52.6 Å². The van der Waals surface area contributed by atoms with Crippen LogP contribution in [0, 0.1) is 6.92 Å². The highest BCUT2D eigenvalue weighted by molar-refractivity contribution is 5.93. The first-order chi connectivity index (χ1) is 16.0. The smallest absolute Gasteiger partial charge is 0.246 e. The fourth-order valence-electron chi connectivity index (χ4n) is 5.67. The Kier molecular flexibility index (Phi) is 4.57. The van der Waals surface area contributed by atoms with Gasteiger partial charge in [0, 0.05) is 36.6 Å². The molecule has 3 aliphatic heterocycles. The monoisotopic (exact) mass is 444 g/mol. The summed E-state index contributed by atoms with van der Waals surface area (Å²) >= 11 is 0. The third-order valence-electron chi connectivity index (χ3n) is 7.31. The maximum atomic E-state index is 12.3. The van der Waals surface area contributed by atoms with Gasteiger partial charge in [-0.05, 0) is 38.0 Å². The second kappa shape index (κ2) is 7.50. The van der Waals surface area contributed by atoms with Gasteiger partial charge >= 0.3 is 0 Å². The number of aromatic amines is 1. The number of ether oxygens (including phenoxy) is 1. The third-order valence-corrected chi connectivity index (χ3v) is 7.31. The van der Waals surface area contributed by atoms with Crippen LogP contribution < -0.4 is 14.5 Å². The van der Waals surface area contributed by atoms with Gasteiger partial charge in [-0.15, -0.1) is 0 Å². The van der Waals surface area contributed by atoms with E-state index < -0.39 is 0 Å². The van der Waals surface area contributed by atoms with Crippen LogP contribution in [0.25, 0.3) is 10.9 Å². The number of carbonyl (C=O) groups excluding carboxylic acids is 1. The molecule has 0 saturated carbocycles. The lowest BCUT2D eigenvalue weighted by atomic mass is 9.96. The summed E-state index contributed by atoms with van der Waals surface area (Å²) < 4.78 is 6.14. The highest BCUT2D eigenvalue weighted by atomic mass is 16.5. The van der Waals surface area contributed by atoms with Crippen LogP contribution in [0.3, 0.4) is 0 Å². The van der Waals surface area contributed by atoms with Crippen molar-refractivity contribution >= 4 is 28.2 Å². The molecule has 0 aliphatic carbocycles. The van der Waals surface area contributed by atoms with Gasteiger partial charge in [-0.3, -0.25) is 14.9 Å². The van der Waals surface area contributed by atoms with Crippen molar-refractivity contribution in [3.8, 4) is 5.75 Å². The summed E-state index contributed by atoms with van der Waals surface area (Å²) in [5, 5.41) is 8.49. The molecular weight excluding hydrogens is 416 g/mol. The lowest BCUT2D eigenvalue weighted by Crippen LogP contribution is -2.62. The average molecular weight is 445 g/mol. The first kappa shape index (κ1) is 20.1. The number of aromatic nitrogens is 3. The van der Waals surface area contributed by atoms with Crippen molar-refractivity contribution in [3.63, 3.8) is 0 Å². The van der Waals surface area contributed by atoms with Crippen LogP contribution in [0.4, 0.5) is 11.4 Å². The number of carbonyl (C=O) groups is 1. The molecule has 2 atom stereocenters. The molecule has 170 valence electrons. The van der Waals surface area contributed by atoms with Crippen molar-refractivity contribution in [1.29, 1.82) is 0 Å². The van der Waals surface area contributed by atoms with E-state index >= 15 is 0 Å². The molecule has 0 unspecified atom stereocenters. The molecule has 1 amide bonds. The number of fused-ring (bicyclic) bond motifs is 6. The molecule has 3 aliphatic rings. The molecule has 8 heteroatoms. The zero-order chi connectivity index (χ0) is 22.7. The lowest BCUT2D eigenvalue weighted by molar-refractivity contribution is -0.129. The molecule has 6 rings (SSSR count). The van der Waals surface area contributed by atoms with Gasteiger partial charge in [0.1, 0.15) is 6.61 Å². The van der Waals surface area contributed by atoms with Crippen molar-refractivity contribution in [2.45, 2.75) is 38.9 Å². The summed E-state index contributed by atoms with van der Waals surface area (Å²) in [5.74, 6) is 0.853. The number of nitrogens with one attached hydrogen (secondary N) is 1. The van der Waals surface area contributed by atoms with Gasteiger partial charge < -0.3 is 19.4 Å². The summed E-state index contributed by atoms with van der Waals surface area (Å²) in [6.45, 7) is 11.6. The van der Waals surface area contributed by atoms with E-state index in [0.717, 1.165) is 48.4 Å². The zero-order valence-corrected chi connectivity index (χ0v) is 19.0. The Labute approximate surface area is 192 Å². The molecule has 1 aromatic carbocycles. The van der Waals surface area contributed by atoms with E-state index in [9.17, 15) is 4.79 Å². The molecule has 2 aromatic heterocycles. The van der Waals surface area contributed by atoms with Crippen LogP contribution in [-0.4, -0.2) is 64.3 Å². The number of nitrogens with zero attached hydrogens (tertiary/aromatic N) is 5. The Morgan fingerprint density at radius 1 is 1.27 bits per heavy atom. The summed E-state index contributed by atoms with van der Waals surface area (Å²) in [5.41, 5.74) is 7.07. The fourth-order valence-corrected chi connectivity index (χ4v) is 5.67. The van der Waals surface area contributed by atoms with Gasteiger partial charge in [-0.2, -0.15) is 5.10 Å². The van der Waals surface area contributed by atoms with Crippen LogP contribution in [0.5, 0.6) is 5.75 Å². The SMILES string of the molecule is C=CC(=O)N1C[C@@H]2COc3cnc4c(c3N2C[C@H]1C)CCN(c1c(C)ccc2[nH]ncc12)C4. The number of amides is 1. The van der Waals surface area contributed by atoms with E-state index in [0.29, 0.717) is 13.2 Å². The Bertz CT molecular complexity index is 1270. The molecule has 0 bridgehead atoms. The highest BCUT2D eigenvalue weighted by Crippen LogP contribution is 2.42. The number of aryl methyl sites for hydroxylation is 1. The predicted octanol–water partition coefficient (Wildman–Crippen LogP) is 2.81. The lowest BCUT2D eigenvalue weighted by Gasteiger charge is -2.49. The highest BCUT2D eigenvalue weighted by Gasteiger charge is 2.40. The quantitative estimate of drug-likeness (QED) is 0.613. The van der Waals surface area contributed by atoms with E-state index in [1.807, 2.05) is 17.3 Å². The Balaban J connectivity index is 1.35. The van der Waals surface area contributed by atoms with Crippen LogP contribution in [0.1, 0.15) is 23.7 Å². The first-order valence-corrected chi connectivity index (χ1v) is 11.6. The minimum Gasteiger partial charge on any atom is -0.488 e. The Morgan fingerprint density at radius 3 is 3.00 bits per heavy atom. The predicted molar refractivity (Wildman–Crippen MR) is 128 cm³/mol. The molecule has 1 fully saturated rings. The molecule has 5 heterocycles. The van der Waals surface area contributed by atoms with Crippen molar-refractivity contribution in [3.05, 3.63) is 54.0 Å². The Morgan fingerprint density at radius 2 is 2.15 bits per heavy atom. The van der Waals surface area contributed by atoms with Crippen LogP contribution in [0.2, 0.25) is 0 Å². The molecule has 1 N–H and O–H groups in total. The number of hydrogen-bond acceptors (Lipinski definition) is 6. The molecule has 1 saturated heterocycles. The number of anilines is 2. The van der Waals surface area contributed by atoms with Gasteiger partial charge in [0.05, 0.1) is 47.6 Å². The summed E-state index contributed by atoms with van der Waals surface area (Å²) in [4.78, 5) is 23.9. The van der Waals surface area contributed by atoms with Crippen LogP contribution in [-0.2, 0) is 17.8 Å². The molecule has 8 nitrogen and oxygen atoms in total.